The first kappa shape index (κ1) is 36.9. The topological polar surface area (TPSA) is 86.8 Å². The molecule has 4 aromatic rings. The van der Waals surface area contributed by atoms with Crippen LogP contribution in [0.25, 0.3) is 0 Å². The van der Waals surface area contributed by atoms with Crippen LogP contribution in [-0.4, -0.2) is 43.8 Å². The highest BCUT2D eigenvalue weighted by molar-refractivity contribution is 7.92. The van der Waals surface area contributed by atoms with Crippen molar-refractivity contribution in [2.24, 2.45) is 0 Å². The highest BCUT2D eigenvalue weighted by Gasteiger charge is 2.38. The molecule has 5 rings (SSSR count). The summed E-state index contributed by atoms with van der Waals surface area (Å²) in [6, 6.07) is 25.3. The maximum atomic E-state index is 14.7. The minimum atomic E-state index is -4.89. The fourth-order valence-corrected chi connectivity index (χ4v) is 7.89. The largest absolute Gasteiger partial charge is 0.417 e. The molecule has 0 unspecified atom stereocenters. The van der Waals surface area contributed by atoms with Crippen molar-refractivity contribution in [3.63, 3.8) is 0 Å². The van der Waals surface area contributed by atoms with Crippen molar-refractivity contribution in [2.45, 2.75) is 75.1 Å². The van der Waals surface area contributed by atoms with Gasteiger partial charge < -0.3 is 10.2 Å². The normalized spacial score (nSPS) is 14.5. The third-order valence-electron chi connectivity index (χ3n) is 8.81. The molecule has 1 aliphatic carbocycles. The fraction of sp³-hybridized carbons (Fsp3) is 0.316. The van der Waals surface area contributed by atoms with Gasteiger partial charge >= 0.3 is 6.18 Å². The van der Waals surface area contributed by atoms with E-state index in [1.807, 2.05) is 55.5 Å². The lowest BCUT2D eigenvalue weighted by atomic mass is 9.94. The summed E-state index contributed by atoms with van der Waals surface area (Å²) < 4.78 is 71.0. The Morgan fingerprint density at radius 2 is 1.50 bits per heavy atom. The fourth-order valence-electron chi connectivity index (χ4n) is 6.24. The maximum absolute atomic E-state index is 14.7. The maximum Gasteiger partial charge on any atom is 0.417 e. The highest BCUT2D eigenvalue weighted by Crippen LogP contribution is 2.38. The summed E-state index contributed by atoms with van der Waals surface area (Å²) in [4.78, 5) is 30.0. The van der Waals surface area contributed by atoms with Gasteiger partial charge in [0.15, 0.2) is 0 Å². The summed E-state index contributed by atoms with van der Waals surface area (Å²) in [5.74, 6) is -1.15. The van der Waals surface area contributed by atoms with E-state index in [0.29, 0.717) is 15.9 Å². The molecule has 0 aromatic heterocycles. The SMILES string of the molecule is Cc1cccc(CN(C(=O)CN(c2ccc(Cl)c(C(F)(F)F)c2)S(=O)(=O)c2ccccc2)[C@@H](Cc2ccccc2)C(=O)NC2CCCCC2)c1. The number of carbonyl (C=O) groups excluding carboxylic acids is 2. The number of aryl methyl sites for hydroxylation is 1. The Morgan fingerprint density at radius 1 is 0.860 bits per heavy atom. The van der Waals surface area contributed by atoms with Crippen LogP contribution in [0.5, 0.6) is 0 Å². The average molecular weight is 726 g/mol. The molecule has 7 nitrogen and oxygen atoms in total. The van der Waals surface area contributed by atoms with E-state index in [0.717, 1.165) is 55.4 Å². The number of alkyl halides is 3. The van der Waals surface area contributed by atoms with Crippen LogP contribution in [0.15, 0.2) is 108 Å². The van der Waals surface area contributed by atoms with Crippen LogP contribution in [0.3, 0.4) is 0 Å². The van der Waals surface area contributed by atoms with Crippen LogP contribution >= 0.6 is 11.6 Å². The van der Waals surface area contributed by atoms with Crippen molar-refractivity contribution in [2.75, 3.05) is 10.8 Å². The standard InChI is InChI=1S/C38H39ClF3N3O4S/c1-27-12-11-15-29(22-27)25-44(35(23-28-13-5-2-6-14-28)37(47)43-30-16-7-3-8-17-30)36(46)26-45(50(48,49)32-18-9-4-10-19-32)31-20-21-34(39)33(24-31)38(40,41)42/h2,4-6,9-15,18-22,24,30,35H,3,7-8,16-17,23,25-26H2,1H3,(H,43,47)/t35-/m0/s1. The number of nitrogens with one attached hydrogen (secondary N) is 1. The molecule has 50 heavy (non-hydrogen) atoms. The van der Waals surface area contributed by atoms with Gasteiger partial charge in [-0.3, -0.25) is 13.9 Å². The molecule has 4 aromatic carbocycles. The third kappa shape index (κ3) is 9.25. The minimum absolute atomic E-state index is 0.0518. The van der Waals surface area contributed by atoms with Gasteiger partial charge in [-0.2, -0.15) is 13.2 Å². The number of nitrogens with zero attached hydrogens (tertiary/aromatic N) is 2. The Balaban J connectivity index is 1.60. The molecule has 0 spiro atoms. The molecular formula is C38H39ClF3N3O4S. The van der Waals surface area contributed by atoms with Gasteiger partial charge in [-0.25, -0.2) is 8.42 Å². The van der Waals surface area contributed by atoms with Gasteiger partial charge in [0.2, 0.25) is 11.8 Å². The number of benzene rings is 4. The number of sulfonamides is 1. The van der Waals surface area contributed by atoms with E-state index in [2.05, 4.69) is 5.32 Å². The summed E-state index contributed by atoms with van der Waals surface area (Å²) in [5, 5.41) is 2.52. The number of anilines is 1. The Bertz CT molecular complexity index is 1890. The monoisotopic (exact) mass is 725 g/mol. The lowest BCUT2D eigenvalue weighted by Crippen LogP contribution is -2.55. The first-order valence-electron chi connectivity index (χ1n) is 16.5. The number of halogens is 4. The van der Waals surface area contributed by atoms with Gasteiger partial charge in [-0.05, 0) is 61.2 Å². The second kappa shape index (κ2) is 16.1. The van der Waals surface area contributed by atoms with Gasteiger partial charge in [0, 0.05) is 19.0 Å². The van der Waals surface area contributed by atoms with E-state index in [1.165, 1.54) is 29.2 Å². The predicted octanol–water partition coefficient (Wildman–Crippen LogP) is 7.95. The zero-order chi connectivity index (χ0) is 35.9. The third-order valence-corrected chi connectivity index (χ3v) is 10.9. The van der Waals surface area contributed by atoms with E-state index in [9.17, 15) is 31.2 Å². The molecule has 12 heteroatoms. The highest BCUT2D eigenvalue weighted by atomic mass is 35.5. The quantitative estimate of drug-likeness (QED) is 0.161. The van der Waals surface area contributed by atoms with E-state index in [-0.39, 0.29) is 29.8 Å². The zero-order valence-corrected chi connectivity index (χ0v) is 29.1. The molecule has 2 amide bonds. The predicted molar refractivity (Wildman–Crippen MR) is 188 cm³/mol. The van der Waals surface area contributed by atoms with E-state index in [1.54, 1.807) is 12.1 Å². The van der Waals surface area contributed by atoms with Gasteiger partial charge in [-0.15, -0.1) is 0 Å². The first-order valence-corrected chi connectivity index (χ1v) is 18.3. The first-order chi connectivity index (χ1) is 23.8. The van der Waals surface area contributed by atoms with Crippen LogP contribution in [0.2, 0.25) is 5.02 Å². The van der Waals surface area contributed by atoms with Crippen LogP contribution < -0.4 is 9.62 Å². The molecule has 0 aliphatic heterocycles. The molecule has 0 heterocycles. The smallest absolute Gasteiger partial charge is 0.352 e. The van der Waals surface area contributed by atoms with Crippen molar-refractivity contribution >= 4 is 39.1 Å². The summed E-state index contributed by atoms with van der Waals surface area (Å²) >= 11 is 5.90. The number of carbonyl (C=O) groups is 2. The number of hydrogen-bond donors (Lipinski definition) is 1. The van der Waals surface area contributed by atoms with Gasteiger partial charge in [-0.1, -0.05) is 109 Å². The van der Waals surface area contributed by atoms with Gasteiger partial charge in [0.05, 0.1) is 21.2 Å². The lowest BCUT2D eigenvalue weighted by Gasteiger charge is -2.35. The molecule has 0 radical (unpaired) electrons. The Hall–Kier alpha value is -4.35. The molecular weight excluding hydrogens is 687 g/mol. The second-order valence-corrected chi connectivity index (χ2v) is 14.8. The number of amides is 2. The summed E-state index contributed by atoms with van der Waals surface area (Å²) in [6.07, 6.45) is -0.158. The van der Waals surface area contributed by atoms with E-state index >= 15 is 0 Å². The molecule has 1 saturated carbocycles. The summed E-state index contributed by atoms with van der Waals surface area (Å²) in [7, 11) is -4.59. The van der Waals surface area contributed by atoms with Crippen molar-refractivity contribution < 1.29 is 31.2 Å². The molecule has 1 fully saturated rings. The molecule has 0 saturated heterocycles. The number of hydrogen-bond acceptors (Lipinski definition) is 4. The summed E-state index contributed by atoms with van der Waals surface area (Å²) in [6.45, 7) is 0.952. The molecule has 1 aliphatic rings. The minimum Gasteiger partial charge on any atom is -0.352 e. The van der Waals surface area contributed by atoms with Crippen LogP contribution in [0.4, 0.5) is 18.9 Å². The average Bonchev–Trinajstić information content (AvgIpc) is 3.09. The molecule has 1 atom stereocenters. The Morgan fingerprint density at radius 3 is 2.14 bits per heavy atom. The Labute approximate surface area is 296 Å². The van der Waals surface area contributed by atoms with E-state index < -0.39 is 51.0 Å². The van der Waals surface area contributed by atoms with Crippen LogP contribution in [0, 0.1) is 6.92 Å². The van der Waals surface area contributed by atoms with Gasteiger partial charge in [0.1, 0.15) is 12.6 Å². The van der Waals surface area contributed by atoms with E-state index in [4.69, 9.17) is 11.6 Å². The van der Waals surface area contributed by atoms with Crippen molar-refractivity contribution in [3.8, 4) is 0 Å². The zero-order valence-electron chi connectivity index (χ0n) is 27.6. The molecule has 1 N–H and O–H groups in total. The lowest BCUT2D eigenvalue weighted by molar-refractivity contribution is -0.140. The van der Waals surface area contributed by atoms with Crippen molar-refractivity contribution in [3.05, 3.63) is 130 Å². The second-order valence-electron chi connectivity index (χ2n) is 12.5. The molecule has 264 valence electrons. The number of rotatable bonds is 12. The van der Waals surface area contributed by atoms with Crippen molar-refractivity contribution in [1.82, 2.24) is 10.2 Å². The van der Waals surface area contributed by atoms with Gasteiger partial charge in [0.25, 0.3) is 10.0 Å². The summed E-state index contributed by atoms with van der Waals surface area (Å²) in [5.41, 5.74) is 0.739. The van der Waals surface area contributed by atoms with Crippen LogP contribution in [-0.2, 0) is 38.8 Å². The van der Waals surface area contributed by atoms with Crippen LogP contribution in [0.1, 0.15) is 54.4 Å². The Kier molecular flexibility index (Phi) is 11.9. The molecule has 0 bridgehead atoms. The van der Waals surface area contributed by atoms with Crippen molar-refractivity contribution in [1.29, 1.82) is 0 Å².